The van der Waals surface area contributed by atoms with Crippen LogP contribution in [0.1, 0.15) is 27.6 Å². The van der Waals surface area contributed by atoms with Gasteiger partial charge in [-0.1, -0.05) is 23.2 Å². The lowest BCUT2D eigenvalue weighted by molar-refractivity contribution is -0.118. The maximum atomic E-state index is 12.3. The summed E-state index contributed by atoms with van der Waals surface area (Å²) in [6.07, 6.45) is 0. The van der Waals surface area contributed by atoms with Crippen molar-refractivity contribution in [2.24, 2.45) is 0 Å². The van der Waals surface area contributed by atoms with Gasteiger partial charge in [-0.25, -0.2) is 0 Å². The molecule has 0 spiro atoms. The molecule has 0 aliphatic rings. The summed E-state index contributed by atoms with van der Waals surface area (Å²) in [7, 11) is 0. The molecular formula is C18H17Cl2N3O3. The van der Waals surface area contributed by atoms with Gasteiger partial charge in [-0.15, -0.1) is 0 Å². The van der Waals surface area contributed by atoms with Crippen molar-refractivity contribution < 1.29 is 14.4 Å². The summed E-state index contributed by atoms with van der Waals surface area (Å²) in [6.45, 7) is 2.09. The summed E-state index contributed by atoms with van der Waals surface area (Å²) >= 11 is 11.9. The van der Waals surface area contributed by atoms with Gasteiger partial charge in [-0.05, 0) is 42.5 Å². The fraction of sp³-hybridized carbons (Fsp3) is 0.167. The number of rotatable bonds is 6. The van der Waals surface area contributed by atoms with E-state index in [-0.39, 0.29) is 17.4 Å². The maximum Gasteiger partial charge on any atom is 0.257 e. The lowest BCUT2D eigenvalue weighted by Crippen LogP contribution is -2.33. The third-order valence-electron chi connectivity index (χ3n) is 3.36. The standard InChI is InChI=1S/C18H17Cl2N3O3/c1-11(24)21-8-9-22-17(25)12-2-5-14(6-3-12)23-18(26)15-10-13(19)4-7-16(15)20/h2-7,10H,8-9H2,1H3,(H,21,24)(H,22,25)(H,23,26). The van der Waals surface area contributed by atoms with Crippen molar-refractivity contribution in [3.63, 3.8) is 0 Å². The first-order valence-electron chi connectivity index (χ1n) is 7.76. The molecule has 0 aliphatic heterocycles. The SMILES string of the molecule is CC(=O)NCCNC(=O)c1ccc(NC(=O)c2cc(Cl)ccc2Cl)cc1. The van der Waals surface area contributed by atoms with Crippen LogP contribution in [0.5, 0.6) is 0 Å². The monoisotopic (exact) mass is 393 g/mol. The molecule has 0 radical (unpaired) electrons. The Hall–Kier alpha value is -2.57. The summed E-state index contributed by atoms with van der Waals surface area (Å²) < 4.78 is 0. The minimum atomic E-state index is -0.398. The van der Waals surface area contributed by atoms with Crippen molar-refractivity contribution in [2.45, 2.75) is 6.92 Å². The number of anilines is 1. The summed E-state index contributed by atoms with van der Waals surface area (Å²) in [5, 5.41) is 8.66. The topological polar surface area (TPSA) is 87.3 Å². The maximum absolute atomic E-state index is 12.3. The van der Waals surface area contributed by atoms with E-state index in [1.807, 2.05) is 0 Å². The van der Waals surface area contributed by atoms with Gasteiger partial charge in [0.25, 0.3) is 11.8 Å². The zero-order valence-corrected chi connectivity index (χ0v) is 15.4. The molecule has 6 nitrogen and oxygen atoms in total. The molecule has 3 amide bonds. The van der Waals surface area contributed by atoms with Gasteiger partial charge in [-0.2, -0.15) is 0 Å². The Morgan fingerprint density at radius 2 is 1.54 bits per heavy atom. The Balaban J connectivity index is 1.94. The summed E-state index contributed by atoms with van der Waals surface area (Å²) in [5.74, 6) is -0.824. The Morgan fingerprint density at radius 3 is 2.19 bits per heavy atom. The molecular weight excluding hydrogens is 377 g/mol. The summed E-state index contributed by atoms with van der Waals surface area (Å²) in [6, 6.07) is 11.0. The molecule has 0 fully saturated rings. The smallest absolute Gasteiger partial charge is 0.257 e. The van der Waals surface area contributed by atoms with Crippen LogP contribution < -0.4 is 16.0 Å². The number of benzene rings is 2. The molecule has 8 heteroatoms. The van der Waals surface area contributed by atoms with Crippen molar-refractivity contribution >= 4 is 46.6 Å². The van der Waals surface area contributed by atoms with Gasteiger partial charge >= 0.3 is 0 Å². The van der Waals surface area contributed by atoms with Crippen LogP contribution in [0.4, 0.5) is 5.69 Å². The van der Waals surface area contributed by atoms with E-state index in [1.165, 1.54) is 13.0 Å². The highest BCUT2D eigenvalue weighted by Crippen LogP contribution is 2.22. The van der Waals surface area contributed by atoms with E-state index in [0.29, 0.717) is 34.4 Å². The third kappa shape index (κ3) is 5.75. The minimum absolute atomic E-state index is 0.154. The Kier molecular flexibility index (Phi) is 7.00. The van der Waals surface area contributed by atoms with Gasteiger partial charge in [-0.3, -0.25) is 14.4 Å². The first-order valence-corrected chi connectivity index (χ1v) is 8.51. The van der Waals surface area contributed by atoms with E-state index >= 15 is 0 Å². The van der Waals surface area contributed by atoms with E-state index in [4.69, 9.17) is 23.2 Å². The third-order valence-corrected chi connectivity index (χ3v) is 3.93. The molecule has 0 saturated carbocycles. The van der Waals surface area contributed by atoms with Crippen molar-refractivity contribution in [1.82, 2.24) is 10.6 Å². The minimum Gasteiger partial charge on any atom is -0.355 e. The molecule has 2 rings (SSSR count). The predicted octanol–water partition coefficient (Wildman–Crippen LogP) is 3.11. The predicted molar refractivity (Wildman–Crippen MR) is 102 cm³/mol. The Labute approximate surface area is 160 Å². The fourth-order valence-corrected chi connectivity index (χ4v) is 2.47. The normalized spacial score (nSPS) is 10.1. The molecule has 0 atom stereocenters. The molecule has 3 N–H and O–H groups in total. The summed E-state index contributed by atoms with van der Waals surface area (Å²) in [5.41, 5.74) is 1.21. The van der Waals surface area contributed by atoms with Crippen LogP contribution in [0.25, 0.3) is 0 Å². The zero-order valence-electron chi connectivity index (χ0n) is 13.9. The number of halogens is 2. The first-order chi connectivity index (χ1) is 12.4. The van der Waals surface area contributed by atoms with Crippen LogP contribution in [0.15, 0.2) is 42.5 Å². The lowest BCUT2D eigenvalue weighted by atomic mass is 10.1. The average Bonchev–Trinajstić information content (AvgIpc) is 2.61. The molecule has 0 aliphatic carbocycles. The highest BCUT2D eigenvalue weighted by Gasteiger charge is 2.12. The second-order valence-corrected chi connectivity index (χ2v) is 6.24. The zero-order chi connectivity index (χ0) is 19.1. The number of amides is 3. The first kappa shape index (κ1) is 19.8. The molecule has 0 saturated heterocycles. The van der Waals surface area contributed by atoms with Crippen LogP contribution in [0.2, 0.25) is 10.0 Å². The lowest BCUT2D eigenvalue weighted by Gasteiger charge is -2.09. The van der Waals surface area contributed by atoms with Crippen molar-refractivity contribution in [3.8, 4) is 0 Å². The molecule has 26 heavy (non-hydrogen) atoms. The van der Waals surface area contributed by atoms with Gasteiger partial charge in [0.15, 0.2) is 0 Å². The number of nitrogens with one attached hydrogen (secondary N) is 3. The van der Waals surface area contributed by atoms with E-state index in [0.717, 1.165) is 0 Å². The second kappa shape index (κ2) is 9.22. The van der Waals surface area contributed by atoms with Gasteiger partial charge in [0.05, 0.1) is 10.6 Å². The van der Waals surface area contributed by atoms with Crippen molar-refractivity contribution in [1.29, 1.82) is 0 Å². The van der Waals surface area contributed by atoms with Crippen LogP contribution >= 0.6 is 23.2 Å². The molecule has 2 aromatic carbocycles. The van der Waals surface area contributed by atoms with E-state index < -0.39 is 5.91 Å². The Bertz CT molecular complexity index is 823. The molecule has 0 heterocycles. The van der Waals surface area contributed by atoms with Crippen LogP contribution in [0, 0.1) is 0 Å². The fourth-order valence-electron chi connectivity index (χ4n) is 2.09. The Morgan fingerprint density at radius 1 is 0.885 bits per heavy atom. The number of hydrogen-bond acceptors (Lipinski definition) is 3. The van der Waals surface area contributed by atoms with Crippen LogP contribution in [-0.4, -0.2) is 30.8 Å². The van der Waals surface area contributed by atoms with Crippen molar-refractivity contribution in [3.05, 3.63) is 63.6 Å². The average molecular weight is 394 g/mol. The van der Waals surface area contributed by atoms with E-state index in [2.05, 4.69) is 16.0 Å². The highest BCUT2D eigenvalue weighted by molar-refractivity contribution is 6.36. The molecule has 0 bridgehead atoms. The molecule has 0 aromatic heterocycles. The largest absolute Gasteiger partial charge is 0.355 e. The van der Waals surface area contributed by atoms with Crippen LogP contribution in [-0.2, 0) is 4.79 Å². The number of carbonyl (C=O) groups excluding carboxylic acids is 3. The van der Waals surface area contributed by atoms with E-state index in [1.54, 1.807) is 36.4 Å². The second-order valence-electron chi connectivity index (χ2n) is 5.39. The highest BCUT2D eigenvalue weighted by atomic mass is 35.5. The van der Waals surface area contributed by atoms with Gasteiger partial charge in [0, 0.05) is 36.3 Å². The number of hydrogen-bond donors (Lipinski definition) is 3. The van der Waals surface area contributed by atoms with Crippen molar-refractivity contribution in [2.75, 3.05) is 18.4 Å². The molecule has 2 aromatic rings. The van der Waals surface area contributed by atoms with Crippen LogP contribution in [0.3, 0.4) is 0 Å². The van der Waals surface area contributed by atoms with Gasteiger partial charge in [0.2, 0.25) is 5.91 Å². The quantitative estimate of drug-likeness (QED) is 0.658. The molecule has 0 unspecified atom stereocenters. The number of carbonyl (C=O) groups is 3. The molecule has 136 valence electrons. The van der Waals surface area contributed by atoms with E-state index in [9.17, 15) is 14.4 Å². The van der Waals surface area contributed by atoms with Gasteiger partial charge in [0.1, 0.15) is 0 Å². The van der Waals surface area contributed by atoms with Gasteiger partial charge < -0.3 is 16.0 Å². The summed E-state index contributed by atoms with van der Waals surface area (Å²) in [4.78, 5) is 35.0.